The highest BCUT2D eigenvalue weighted by Crippen LogP contribution is 2.29. The van der Waals surface area contributed by atoms with Crippen LogP contribution in [-0.4, -0.2) is 41.5 Å². The minimum Gasteiger partial charge on any atom is -0.345 e. The average molecular weight is 631 g/mol. The van der Waals surface area contributed by atoms with E-state index >= 15 is 0 Å². The molecule has 10 heteroatoms. The third-order valence-corrected chi connectivity index (χ3v) is 8.47. The Hall–Kier alpha value is -5.27. The first-order valence-corrected chi connectivity index (χ1v) is 14.5. The molecular formula is C33H24BrN7O2. The Bertz CT molecular complexity index is 2090. The van der Waals surface area contributed by atoms with E-state index in [-0.39, 0.29) is 18.0 Å². The molecule has 1 aliphatic rings. The summed E-state index contributed by atoms with van der Waals surface area (Å²) in [5.41, 5.74) is 6.35. The lowest BCUT2D eigenvalue weighted by Crippen LogP contribution is -2.41. The standard InChI is InChI=1S/C33H24BrN7O2/c1-35-28-18-23(9-12-27(28)34)32(42)39-16-13-26-29(20-39)41-31(24(19-38-41)17-21-5-3-2-4-6-21)40(33(26)43)25-10-7-22(8-11-25)30-36-14-15-37-30/h2-12,14-15,18-19H,13,16-17,20H2,(H,36,37). The van der Waals surface area contributed by atoms with Crippen molar-refractivity contribution in [3.05, 3.63) is 146 Å². The molecule has 3 aromatic carbocycles. The van der Waals surface area contributed by atoms with Crippen LogP contribution in [0.25, 0.3) is 27.6 Å². The monoisotopic (exact) mass is 629 g/mol. The Morgan fingerprint density at radius 2 is 1.88 bits per heavy atom. The van der Waals surface area contributed by atoms with Crippen LogP contribution in [-0.2, 0) is 19.4 Å². The zero-order valence-corrected chi connectivity index (χ0v) is 24.5. The Morgan fingerprint density at radius 1 is 1.07 bits per heavy atom. The van der Waals surface area contributed by atoms with Gasteiger partial charge in [-0.3, -0.25) is 14.2 Å². The lowest BCUT2D eigenvalue weighted by atomic mass is 10.0. The minimum atomic E-state index is -0.189. The van der Waals surface area contributed by atoms with Crippen LogP contribution < -0.4 is 5.56 Å². The van der Waals surface area contributed by atoms with Crippen molar-refractivity contribution in [2.75, 3.05) is 6.54 Å². The molecule has 7 rings (SSSR count). The largest absolute Gasteiger partial charge is 0.345 e. The van der Waals surface area contributed by atoms with Gasteiger partial charge >= 0.3 is 0 Å². The van der Waals surface area contributed by atoms with Crippen LogP contribution in [0.3, 0.4) is 0 Å². The van der Waals surface area contributed by atoms with Crippen molar-refractivity contribution in [3.8, 4) is 17.1 Å². The number of H-pyrrole nitrogens is 1. The highest BCUT2D eigenvalue weighted by Gasteiger charge is 2.29. The predicted molar refractivity (Wildman–Crippen MR) is 166 cm³/mol. The van der Waals surface area contributed by atoms with Crippen molar-refractivity contribution < 1.29 is 4.79 Å². The number of aromatic nitrogens is 5. The van der Waals surface area contributed by atoms with E-state index in [0.717, 1.165) is 28.2 Å². The van der Waals surface area contributed by atoms with Gasteiger partial charge in [0.05, 0.1) is 30.7 Å². The van der Waals surface area contributed by atoms with E-state index in [1.807, 2.05) is 53.2 Å². The van der Waals surface area contributed by atoms with Gasteiger partial charge in [-0.2, -0.15) is 5.10 Å². The minimum absolute atomic E-state index is 0.117. The smallest absolute Gasteiger partial charge is 0.261 e. The van der Waals surface area contributed by atoms with Gasteiger partial charge in [0.2, 0.25) is 5.69 Å². The Morgan fingerprint density at radius 3 is 2.63 bits per heavy atom. The lowest BCUT2D eigenvalue weighted by Gasteiger charge is -2.30. The number of rotatable bonds is 5. The first kappa shape index (κ1) is 26.6. The molecular weight excluding hydrogens is 606 g/mol. The molecule has 0 aliphatic carbocycles. The molecule has 0 saturated carbocycles. The van der Waals surface area contributed by atoms with Gasteiger partial charge in [0, 0.05) is 52.1 Å². The number of fused-ring (bicyclic) bond motifs is 3. The molecule has 6 aromatic rings. The fourth-order valence-corrected chi connectivity index (χ4v) is 6.01. The molecule has 43 heavy (non-hydrogen) atoms. The molecule has 0 radical (unpaired) electrons. The summed E-state index contributed by atoms with van der Waals surface area (Å²) >= 11 is 3.37. The number of nitrogens with one attached hydrogen (secondary N) is 1. The van der Waals surface area contributed by atoms with Crippen LogP contribution in [0.15, 0.2) is 101 Å². The Labute approximate surface area is 255 Å². The zero-order valence-electron chi connectivity index (χ0n) is 22.9. The van der Waals surface area contributed by atoms with Gasteiger partial charge in [-0.1, -0.05) is 58.4 Å². The van der Waals surface area contributed by atoms with Gasteiger partial charge in [-0.15, -0.1) is 0 Å². The second-order valence-corrected chi connectivity index (χ2v) is 11.2. The maximum absolute atomic E-state index is 14.3. The van der Waals surface area contributed by atoms with E-state index in [1.54, 1.807) is 40.1 Å². The van der Waals surface area contributed by atoms with Gasteiger partial charge in [-0.05, 0) is 42.3 Å². The molecule has 1 amide bonds. The number of carbonyl (C=O) groups excluding carboxylic acids is 1. The maximum Gasteiger partial charge on any atom is 0.261 e. The van der Waals surface area contributed by atoms with Crippen LogP contribution in [0, 0.1) is 6.57 Å². The van der Waals surface area contributed by atoms with Gasteiger partial charge in [0.15, 0.2) is 0 Å². The van der Waals surface area contributed by atoms with Crippen LogP contribution in [0.1, 0.15) is 32.7 Å². The molecule has 0 bridgehead atoms. The van der Waals surface area contributed by atoms with Crippen molar-refractivity contribution in [2.24, 2.45) is 0 Å². The number of aromatic amines is 1. The summed E-state index contributed by atoms with van der Waals surface area (Å²) in [5.74, 6) is 0.563. The highest BCUT2D eigenvalue weighted by molar-refractivity contribution is 9.10. The summed E-state index contributed by atoms with van der Waals surface area (Å²) in [6, 6.07) is 22.8. The summed E-state index contributed by atoms with van der Waals surface area (Å²) in [4.78, 5) is 40.5. The number of nitrogens with zero attached hydrogens (tertiary/aromatic N) is 6. The number of hydrogen-bond acceptors (Lipinski definition) is 4. The van der Waals surface area contributed by atoms with Crippen LogP contribution >= 0.6 is 15.9 Å². The topological polar surface area (TPSA) is 92.7 Å². The number of hydrogen-bond donors (Lipinski definition) is 1. The van der Waals surface area contributed by atoms with E-state index in [9.17, 15) is 9.59 Å². The van der Waals surface area contributed by atoms with Crippen molar-refractivity contribution in [1.29, 1.82) is 0 Å². The molecule has 0 atom stereocenters. The highest BCUT2D eigenvalue weighted by atomic mass is 79.9. The molecule has 210 valence electrons. The summed E-state index contributed by atoms with van der Waals surface area (Å²) in [6.07, 6.45) is 6.27. The SMILES string of the molecule is [C-]#[N+]c1cc(C(=O)N2CCc3c(n4ncc(Cc5ccccc5)c4n(-c4ccc(-c5ncc[nH]5)cc4)c3=O)C2)ccc1Br. The number of imidazole rings is 1. The third kappa shape index (κ3) is 4.73. The van der Waals surface area contributed by atoms with Crippen molar-refractivity contribution >= 4 is 33.2 Å². The van der Waals surface area contributed by atoms with E-state index < -0.39 is 0 Å². The molecule has 1 N–H and O–H groups in total. The molecule has 0 fully saturated rings. The van der Waals surface area contributed by atoms with Crippen LogP contribution in [0.2, 0.25) is 0 Å². The summed E-state index contributed by atoms with van der Waals surface area (Å²) in [5, 5.41) is 4.78. The van der Waals surface area contributed by atoms with Crippen molar-refractivity contribution in [3.63, 3.8) is 0 Å². The lowest BCUT2D eigenvalue weighted by molar-refractivity contribution is 0.0730. The molecule has 0 saturated heterocycles. The first-order valence-electron chi connectivity index (χ1n) is 13.8. The Kier molecular flexibility index (Phi) is 6.72. The number of carbonyl (C=O) groups is 1. The average Bonchev–Trinajstić information content (AvgIpc) is 3.73. The summed E-state index contributed by atoms with van der Waals surface area (Å²) in [7, 11) is 0. The van der Waals surface area contributed by atoms with E-state index in [1.165, 1.54) is 0 Å². The van der Waals surface area contributed by atoms with Crippen LogP contribution in [0.5, 0.6) is 0 Å². The molecule has 9 nitrogen and oxygen atoms in total. The molecule has 0 spiro atoms. The normalized spacial score (nSPS) is 12.7. The number of halogens is 1. The molecule has 4 heterocycles. The third-order valence-electron chi connectivity index (χ3n) is 7.80. The van der Waals surface area contributed by atoms with Crippen molar-refractivity contribution in [1.82, 2.24) is 29.0 Å². The fourth-order valence-electron chi connectivity index (χ4n) is 5.67. The Balaban J connectivity index is 1.35. The fraction of sp³-hybridized carbons (Fsp3) is 0.121. The second kappa shape index (κ2) is 10.9. The van der Waals surface area contributed by atoms with Crippen molar-refractivity contribution in [2.45, 2.75) is 19.4 Å². The molecule has 1 aliphatic heterocycles. The van der Waals surface area contributed by atoms with E-state index in [2.05, 4.69) is 42.9 Å². The van der Waals surface area contributed by atoms with Gasteiger partial charge in [-0.25, -0.2) is 14.3 Å². The van der Waals surface area contributed by atoms with Gasteiger partial charge in [0.1, 0.15) is 11.5 Å². The maximum atomic E-state index is 14.3. The van der Waals surface area contributed by atoms with Crippen LogP contribution in [0.4, 0.5) is 5.69 Å². The van der Waals surface area contributed by atoms with Gasteiger partial charge < -0.3 is 9.88 Å². The number of benzene rings is 3. The molecule has 0 unspecified atom stereocenters. The quantitative estimate of drug-likeness (QED) is 0.238. The van der Waals surface area contributed by atoms with Gasteiger partial charge in [0.25, 0.3) is 11.5 Å². The zero-order chi connectivity index (χ0) is 29.5. The van der Waals surface area contributed by atoms with E-state index in [0.29, 0.717) is 52.0 Å². The second-order valence-electron chi connectivity index (χ2n) is 10.4. The van der Waals surface area contributed by atoms with E-state index in [4.69, 9.17) is 11.7 Å². The summed E-state index contributed by atoms with van der Waals surface area (Å²) in [6.45, 7) is 8.03. The predicted octanol–water partition coefficient (Wildman–Crippen LogP) is 5.98. The number of amides is 1. The molecule has 3 aromatic heterocycles. The first-order chi connectivity index (χ1) is 21.0. The summed E-state index contributed by atoms with van der Waals surface area (Å²) < 4.78 is 4.20.